The van der Waals surface area contributed by atoms with E-state index < -0.39 is 5.97 Å². The Morgan fingerprint density at radius 3 is 2.67 bits per heavy atom. The zero-order valence-electron chi connectivity index (χ0n) is 12.2. The molecule has 1 fully saturated rings. The molecule has 1 heterocycles. The van der Waals surface area contributed by atoms with Crippen molar-refractivity contribution in [2.45, 2.75) is 38.6 Å². The molecule has 114 valence electrons. The molecule has 0 radical (unpaired) electrons. The summed E-state index contributed by atoms with van der Waals surface area (Å²) >= 11 is 0. The van der Waals surface area contributed by atoms with Gasteiger partial charge in [-0.25, -0.2) is 4.79 Å². The lowest BCUT2D eigenvalue weighted by Gasteiger charge is -2.35. The second-order valence-electron chi connectivity index (χ2n) is 5.27. The van der Waals surface area contributed by atoms with Crippen LogP contribution in [0.1, 0.15) is 43.0 Å². The molecule has 1 N–H and O–H groups in total. The third kappa shape index (κ3) is 3.97. The Bertz CT molecular complexity index is 498. The molecule has 0 bridgehead atoms. The Morgan fingerprint density at radius 1 is 1.29 bits per heavy atom. The minimum Gasteiger partial charge on any atom is -0.508 e. The zero-order valence-corrected chi connectivity index (χ0v) is 12.2. The highest BCUT2D eigenvalue weighted by molar-refractivity contribution is 5.91. The Kier molecular flexibility index (Phi) is 5.20. The first kappa shape index (κ1) is 15.4. The van der Waals surface area contributed by atoms with Crippen LogP contribution in [-0.4, -0.2) is 41.1 Å². The predicted molar refractivity (Wildman–Crippen MR) is 78.0 cm³/mol. The average molecular weight is 291 g/mol. The van der Waals surface area contributed by atoms with E-state index >= 15 is 0 Å². The summed E-state index contributed by atoms with van der Waals surface area (Å²) in [6, 6.07) is 6.03. The van der Waals surface area contributed by atoms with Crippen molar-refractivity contribution in [1.29, 1.82) is 0 Å². The minimum absolute atomic E-state index is 0.0849. The molecule has 0 aliphatic carbocycles. The standard InChI is InChI=1S/C16H21NO4/c1-2-13-5-3-4-10-17(13)15(19)11-21-16(20)12-6-8-14(18)9-7-12/h6-9,13,18H,2-5,10-11H2,1H3/t13-/m1/s1. The van der Waals surface area contributed by atoms with Crippen molar-refractivity contribution in [1.82, 2.24) is 4.90 Å². The number of rotatable bonds is 4. The molecule has 5 nitrogen and oxygen atoms in total. The van der Waals surface area contributed by atoms with E-state index in [0.29, 0.717) is 5.56 Å². The topological polar surface area (TPSA) is 66.8 Å². The summed E-state index contributed by atoms with van der Waals surface area (Å²) in [5, 5.41) is 9.17. The van der Waals surface area contributed by atoms with Gasteiger partial charge in [0.1, 0.15) is 5.75 Å². The number of piperidine rings is 1. The number of nitrogens with zero attached hydrogens (tertiary/aromatic N) is 1. The summed E-state index contributed by atoms with van der Waals surface area (Å²) in [6.07, 6.45) is 4.11. The van der Waals surface area contributed by atoms with Gasteiger partial charge in [0.2, 0.25) is 0 Å². The van der Waals surface area contributed by atoms with Crippen molar-refractivity contribution < 1.29 is 19.4 Å². The number of carbonyl (C=O) groups is 2. The third-order valence-electron chi connectivity index (χ3n) is 3.85. The molecular weight excluding hydrogens is 270 g/mol. The maximum atomic E-state index is 12.2. The molecule has 1 saturated heterocycles. The number of aromatic hydroxyl groups is 1. The third-order valence-corrected chi connectivity index (χ3v) is 3.85. The van der Waals surface area contributed by atoms with E-state index in [1.807, 2.05) is 4.90 Å². The van der Waals surface area contributed by atoms with Gasteiger partial charge in [-0.2, -0.15) is 0 Å². The summed E-state index contributed by atoms with van der Waals surface area (Å²) in [5.74, 6) is -0.594. The monoisotopic (exact) mass is 291 g/mol. The van der Waals surface area contributed by atoms with Crippen LogP contribution in [0.4, 0.5) is 0 Å². The lowest BCUT2D eigenvalue weighted by molar-refractivity contribution is -0.138. The van der Waals surface area contributed by atoms with Gasteiger partial charge in [0.25, 0.3) is 5.91 Å². The Labute approximate surface area is 124 Å². The Balaban J connectivity index is 1.88. The van der Waals surface area contributed by atoms with Gasteiger partial charge in [-0.15, -0.1) is 0 Å². The van der Waals surface area contributed by atoms with Crippen LogP contribution in [0.15, 0.2) is 24.3 Å². The van der Waals surface area contributed by atoms with Crippen molar-refractivity contribution >= 4 is 11.9 Å². The van der Waals surface area contributed by atoms with Crippen LogP contribution in [0.5, 0.6) is 5.75 Å². The van der Waals surface area contributed by atoms with Crippen molar-refractivity contribution in [3.63, 3.8) is 0 Å². The highest BCUT2D eigenvalue weighted by atomic mass is 16.5. The number of likely N-dealkylation sites (tertiary alicyclic amines) is 1. The van der Waals surface area contributed by atoms with Gasteiger partial charge >= 0.3 is 5.97 Å². The second-order valence-corrected chi connectivity index (χ2v) is 5.27. The smallest absolute Gasteiger partial charge is 0.338 e. The maximum absolute atomic E-state index is 12.2. The van der Waals surface area contributed by atoms with E-state index in [-0.39, 0.29) is 24.3 Å². The highest BCUT2D eigenvalue weighted by Crippen LogP contribution is 2.19. The molecule has 1 aliphatic rings. The number of amides is 1. The van der Waals surface area contributed by atoms with Crippen molar-refractivity contribution in [3.05, 3.63) is 29.8 Å². The van der Waals surface area contributed by atoms with E-state index in [0.717, 1.165) is 32.2 Å². The summed E-state index contributed by atoms with van der Waals surface area (Å²) in [6.45, 7) is 2.59. The highest BCUT2D eigenvalue weighted by Gasteiger charge is 2.25. The largest absolute Gasteiger partial charge is 0.508 e. The van der Waals surface area contributed by atoms with E-state index in [2.05, 4.69) is 6.92 Å². The van der Waals surface area contributed by atoms with Gasteiger partial charge < -0.3 is 14.7 Å². The fourth-order valence-corrected chi connectivity index (χ4v) is 2.64. The molecule has 1 aliphatic heterocycles. The second kappa shape index (κ2) is 7.11. The number of hydrogen-bond donors (Lipinski definition) is 1. The molecule has 0 aromatic heterocycles. The van der Waals surface area contributed by atoms with Crippen molar-refractivity contribution in [2.75, 3.05) is 13.2 Å². The molecule has 0 saturated carbocycles. The fraction of sp³-hybridized carbons (Fsp3) is 0.500. The number of benzene rings is 1. The van der Waals surface area contributed by atoms with Crippen molar-refractivity contribution in [2.24, 2.45) is 0 Å². The van der Waals surface area contributed by atoms with Gasteiger partial charge in [-0.05, 0) is 49.9 Å². The van der Waals surface area contributed by atoms with E-state index in [9.17, 15) is 14.7 Å². The molecule has 0 unspecified atom stereocenters. The maximum Gasteiger partial charge on any atom is 0.338 e. The Hall–Kier alpha value is -2.04. The molecule has 1 aromatic carbocycles. The van der Waals surface area contributed by atoms with Gasteiger partial charge in [0.05, 0.1) is 5.56 Å². The van der Waals surface area contributed by atoms with Gasteiger partial charge in [0, 0.05) is 12.6 Å². The molecule has 1 aromatic rings. The number of phenols is 1. The molecular formula is C16H21NO4. The zero-order chi connectivity index (χ0) is 15.2. The van der Waals surface area contributed by atoms with E-state index in [1.165, 1.54) is 24.3 Å². The molecule has 21 heavy (non-hydrogen) atoms. The normalized spacial score (nSPS) is 18.3. The summed E-state index contributed by atoms with van der Waals surface area (Å²) in [7, 11) is 0. The van der Waals surface area contributed by atoms with Crippen LogP contribution in [0.2, 0.25) is 0 Å². The molecule has 1 atom stereocenters. The first-order chi connectivity index (χ1) is 10.1. The van der Waals surface area contributed by atoms with Crippen LogP contribution in [-0.2, 0) is 9.53 Å². The van der Waals surface area contributed by atoms with E-state index in [1.54, 1.807) is 0 Å². The predicted octanol–water partition coefficient (Wildman–Crippen LogP) is 2.34. The molecule has 1 amide bonds. The number of phenolic OH excluding ortho intramolecular Hbond substituents is 1. The van der Waals surface area contributed by atoms with Crippen LogP contribution in [0.3, 0.4) is 0 Å². The molecule has 5 heteroatoms. The molecule has 0 spiro atoms. The fourth-order valence-electron chi connectivity index (χ4n) is 2.64. The summed E-state index contributed by atoms with van der Waals surface area (Å²) in [4.78, 5) is 25.8. The number of carbonyl (C=O) groups excluding carboxylic acids is 2. The van der Waals surface area contributed by atoms with Crippen LogP contribution in [0, 0.1) is 0 Å². The lowest BCUT2D eigenvalue weighted by Crippen LogP contribution is -2.45. The quantitative estimate of drug-likeness (QED) is 0.865. The SMILES string of the molecule is CC[C@@H]1CCCCN1C(=O)COC(=O)c1ccc(O)cc1. The average Bonchev–Trinajstić information content (AvgIpc) is 2.52. The molecule has 2 rings (SSSR count). The number of esters is 1. The van der Waals surface area contributed by atoms with E-state index in [4.69, 9.17) is 4.74 Å². The lowest BCUT2D eigenvalue weighted by atomic mass is 10.00. The van der Waals surface area contributed by atoms with Crippen molar-refractivity contribution in [3.8, 4) is 5.75 Å². The first-order valence-corrected chi connectivity index (χ1v) is 7.37. The first-order valence-electron chi connectivity index (χ1n) is 7.37. The van der Waals surface area contributed by atoms with Crippen LogP contribution < -0.4 is 0 Å². The van der Waals surface area contributed by atoms with Gasteiger partial charge in [0.15, 0.2) is 6.61 Å². The van der Waals surface area contributed by atoms with Crippen LogP contribution in [0.25, 0.3) is 0 Å². The van der Waals surface area contributed by atoms with Crippen LogP contribution >= 0.6 is 0 Å². The number of ether oxygens (including phenoxy) is 1. The summed E-state index contributed by atoms with van der Waals surface area (Å²) in [5.41, 5.74) is 0.325. The van der Waals surface area contributed by atoms with Gasteiger partial charge in [-0.3, -0.25) is 4.79 Å². The minimum atomic E-state index is -0.548. The number of hydrogen-bond acceptors (Lipinski definition) is 4. The summed E-state index contributed by atoms with van der Waals surface area (Å²) < 4.78 is 5.06. The van der Waals surface area contributed by atoms with Gasteiger partial charge in [-0.1, -0.05) is 6.92 Å². The Morgan fingerprint density at radius 2 is 2.00 bits per heavy atom.